The number of aryl methyl sites for hydroxylation is 1. The molecule has 24 heavy (non-hydrogen) atoms. The van der Waals surface area contributed by atoms with Gasteiger partial charge < -0.3 is 10.1 Å². The lowest BCUT2D eigenvalue weighted by Crippen LogP contribution is -2.09. The van der Waals surface area contributed by atoms with Crippen LogP contribution in [0.5, 0.6) is 5.75 Å². The lowest BCUT2D eigenvalue weighted by atomic mass is 10.3. The molecule has 7 nitrogen and oxygen atoms in total. The second kappa shape index (κ2) is 7.16. The van der Waals surface area contributed by atoms with Crippen LogP contribution in [0.4, 0.5) is 14.6 Å². The zero-order chi connectivity index (χ0) is 16.9. The van der Waals surface area contributed by atoms with E-state index in [9.17, 15) is 8.78 Å². The van der Waals surface area contributed by atoms with E-state index in [1.54, 1.807) is 22.7 Å². The molecule has 0 atom stereocenters. The molecular formula is C15H16F2N6O. The van der Waals surface area contributed by atoms with Crippen LogP contribution in [0, 0.1) is 0 Å². The molecule has 3 heterocycles. The number of rotatable bonds is 7. The first-order valence-electron chi connectivity index (χ1n) is 7.47. The Bertz CT molecular complexity index is 823. The van der Waals surface area contributed by atoms with Crippen LogP contribution < -0.4 is 10.1 Å². The lowest BCUT2D eigenvalue weighted by Gasteiger charge is -2.08. The number of nitrogens with zero attached hydrogens (tertiary/aromatic N) is 5. The molecular weight excluding hydrogens is 318 g/mol. The van der Waals surface area contributed by atoms with Crippen LogP contribution in [0.1, 0.15) is 18.4 Å². The molecule has 0 aromatic carbocycles. The van der Waals surface area contributed by atoms with Crippen LogP contribution in [0.2, 0.25) is 0 Å². The van der Waals surface area contributed by atoms with Crippen molar-refractivity contribution in [1.82, 2.24) is 24.8 Å². The van der Waals surface area contributed by atoms with Gasteiger partial charge in [-0.25, -0.2) is 8.78 Å². The Hall–Kier alpha value is -2.84. The van der Waals surface area contributed by atoms with Gasteiger partial charge in [-0.2, -0.15) is 4.52 Å². The first kappa shape index (κ1) is 16.0. The molecule has 0 bridgehead atoms. The fourth-order valence-corrected chi connectivity index (χ4v) is 2.13. The first-order chi connectivity index (χ1) is 11.7. The fraction of sp³-hybridized carbons (Fsp3) is 0.333. The van der Waals surface area contributed by atoms with Crippen LogP contribution >= 0.6 is 0 Å². The summed E-state index contributed by atoms with van der Waals surface area (Å²) in [6.07, 6.45) is -0.265. The van der Waals surface area contributed by atoms with Crippen molar-refractivity contribution >= 4 is 11.5 Å². The summed E-state index contributed by atoms with van der Waals surface area (Å²) in [5.74, 6) is 1.77. The number of pyridine rings is 1. The largest absolute Gasteiger partial charge is 0.488 e. The van der Waals surface area contributed by atoms with Gasteiger partial charge in [0.25, 0.3) is 6.43 Å². The van der Waals surface area contributed by atoms with Crippen molar-refractivity contribution in [3.05, 3.63) is 42.0 Å². The summed E-state index contributed by atoms with van der Waals surface area (Å²) < 4.78 is 31.0. The van der Waals surface area contributed by atoms with Crippen molar-refractivity contribution in [3.63, 3.8) is 0 Å². The van der Waals surface area contributed by atoms with Gasteiger partial charge in [-0.15, -0.1) is 15.3 Å². The number of halogens is 2. The van der Waals surface area contributed by atoms with E-state index in [0.717, 1.165) is 12.2 Å². The predicted octanol–water partition coefficient (Wildman–Crippen LogP) is 2.34. The number of nitrogens with one attached hydrogen (secondary N) is 1. The Balaban J connectivity index is 1.68. The average molecular weight is 334 g/mol. The van der Waals surface area contributed by atoms with Gasteiger partial charge in [0.1, 0.15) is 18.2 Å². The van der Waals surface area contributed by atoms with Gasteiger partial charge in [0.2, 0.25) is 0 Å². The fourth-order valence-electron chi connectivity index (χ4n) is 2.13. The maximum absolute atomic E-state index is 12.2. The third kappa shape index (κ3) is 3.73. The Morgan fingerprint density at radius 3 is 2.92 bits per heavy atom. The number of hydrogen-bond donors (Lipinski definition) is 1. The van der Waals surface area contributed by atoms with Gasteiger partial charge in [-0.1, -0.05) is 6.92 Å². The maximum Gasteiger partial charge on any atom is 0.272 e. The van der Waals surface area contributed by atoms with Gasteiger partial charge in [0.05, 0.1) is 12.2 Å². The minimum atomic E-state index is -2.51. The number of anilines is 1. The minimum Gasteiger partial charge on any atom is -0.488 e. The van der Waals surface area contributed by atoms with Crippen molar-refractivity contribution in [2.75, 3.05) is 11.9 Å². The third-order valence-corrected chi connectivity index (χ3v) is 3.26. The molecule has 0 radical (unpaired) electrons. The molecule has 0 saturated heterocycles. The normalized spacial score (nSPS) is 11.2. The number of hydrogen-bond acceptors (Lipinski definition) is 6. The predicted molar refractivity (Wildman–Crippen MR) is 83.2 cm³/mol. The molecule has 126 valence electrons. The average Bonchev–Trinajstić information content (AvgIpc) is 3.01. The SMILES string of the molecule is CCc1nnc2ccc(NCc3cc(OCC(F)F)ccn3)nn12. The standard InChI is InChI=1S/C15H16F2N6O/c1-2-14-20-21-15-4-3-13(22-23(14)15)19-8-10-7-11(5-6-18-10)24-9-12(16)17/h3-7,12H,2,8-9H2,1H3,(H,19,22). The zero-order valence-electron chi connectivity index (χ0n) is 13.0. The maximum atomic E-state index is 12.2. The van der Waals surface area contributed by atoms with Crippen molar-refractivity contribution < 1.29 is 13.5 Å². The summed E-state index contributed by atoms with van der Waals surface area (Å²) in [6.45, 7) is 1.73. The molecule has 0 unspecified atom stereocenters. The highest BCUT2D eigenvalue weighted by atomic mass is 19.3. The van der Waals surface area contributed by atoms with Gasteiger partial charge in [0, 0.05) is 18.7 Å². The number of aromatic nitrogens is 5. The van der Waals surface area contributed by atoms with Gasteiger partial charge in [0.15, 0.2) is 11.5 Å². The summed E-state index contributed by atoms with van der Waals surface area (Å²) in [7, 11) is 0. The summed E-state index contributed by atoms with van der Waals surface area (Å²) in [6, 6.07) is 6.77. The quantitative estimate of drug-likeness (QED) is 0.715. The molecule has 9 heteroatoms. The minimum absolute atomic E-state index is 0.359. The van der Waals surface area contributed by atoms with Crippen LogP contribution in [-0.2, 0) is 13.0 Å². The Morgan fingerprint density at radius 1 is 1.25 bits per heavy atom. The molecule has 3 aromatic heterocycles. The van der Waals surface area contributed by atoms with Gasteiger partial charge in [-0.05, 0) is 18.2 Å². The van der Waals surface area contributed by atoms with Crippen molar-refractivity contribution in [3.8, 4) is 5.75 Å². The molecule has 0 aliphatic heterocycles. The van der Waals surface area contributed by atoms with Crippen LogP contribution in [0.25, 0.3) is 5.65 Å². The Morgan fingerprint density at radius 2 is 2.12 bits per heavy atom. The van der Waals surface area contributed by atoms with Crippen molar-refractivity contribution in [2.45, 2.75) is 26.3 Å². The van der Waals surface area contributed by atoms with Crippen LogP contribution in [0.3, 0.4) is 0 Å². The summed E-state index contributed by atoms with van der Waals surface area (Å²) in [4.78, 5) is 4.18. The van der Waals surface area contributed by atoms with E-state index in [2.05, 4.69) is 25.6 Å². The van der Waals surface area contributed by atoms with Gasteiger partial charge >= 0.3 is 0 Å². The smallest absolute Gasteiger partial charge is 0.272 e. The Kier molecular flexibility index (Phi) is 4.78. The van der Waals surface area contributed by atoms with E-state index in [1.807, 2.05) is 13.0 Å². The monoisotopic (exact) mass is 334 g/mol. The molecule has 0 amide bonds. The number of ether oxygens (including phenoxy) is 1. The van der Waals surface area contributed by atoms with Crippen molar-refractivity contribution in [1.29, 1.82) is 0 Å². The number of fused-ring (bicyclic) bond motifs is 1. The second-order valence-electron chi connectivity index (χ2n) is 5.00. The molecule has 0 aliphatic rings. The van der Waals surface area contributed by atoms with E-state index >= 15 is 0 Å². The lowest BCUT2D eigenvalue weighted by molar-refractivity contribution is 0.0818. The van der Waals surface area contributed by atoms with E-state index in [-0.39, 0.29) is 0 Å². The highest BCUT2D eigenvalue weighted by Crippen LogP contribution is 2.14. The molecule has 1 N–H and O–H groups in total. The highest BCUT2D eigenvalue weighted by molar-refractivity contribution is 5.44. The Labute approximate surface area is 136 Å². The van der Waals surface area contributed by atoms with Gasteiger partial charge in [-0.3, -0.25) is 4.98 Å². The topological polar surface area (TPSA) is 77.2 Å². The molecule has 0 saturated carbocycles. The third-order valence-electron chi connectivity index (χ3n) is 3.26. The van der Waals surface area contributed by atoms with Crippen LogP contribution in [0.15, 0.2) is 30.5 Å². The summed E-state index contributed by atoms with van der Waals surface area (Å²) in [5, 5.41) is 15.6. The molecule has 3 aromatic rings. The van der Waals surface area contributed by atoms with Crippen molar-refractivity contribution in [2.24, 2.45) is 0 Å². The van der Waals surface area contributed by atoms with E-state index in [1.165, 1.54) is 6.20 Å². The van der Waals surface area contributed by atoms with E-state index < -0.39 is 13.0 Å². The molecule has 0 spiro atoms. The molecule has 0 fully saturated rings. The van der Waals surface area contributed by atoms with E-state index in [4.69, 9.17) is 4.74 Å². The second-order valence-corrected chi connectivity index (χ2v) is 5.00. The van der Waals surface area contributed by atoms with E-state index in [0.29, 0.717) is 29.5 Å². The van der Waals surface area contributed by atoms with Crippen LogP contribution in [-0.4, -0.2) is 37.8 Å². The zero-order valence-corrected chi connectivity index (χ0v) is 13.0. The number of alkyl halides is 2. The summed E-state index contributed by atoms with van der Waals surface area (Å²) >= 11 is 0. The molecule has 0 aliphatic carbocycles. The molecule has 3 rings (SSSR count). The first-order valence-corrected chi connectivity index (χ1v) is 7.47. The highest BCUT2D eigenvalue weighted by Gasteiger charge is 2.07. The summed E-state index contributed by atoms with van der Waals surface area (Å²) in [5.41, 5.74) is 1.33.